The third-order valence-electron chi connectivity index (χ3n) is 5.22. The molecule has 3 aromatic carbocycles. The van der Waals surface area contributed by atoms with Crippen LogP contribution in [0.4, 0.5) is 0 Å². The maximum atomic E-state index is 12.0. The van der Waals surface area contributed by atoms with Gasteiger partial charge in [0.2, 0.25) is 0 Å². The molecule has 0 aliphatic heterocycles. The average molecular weight is 388 g/mol. The van der Waals surface area contributed by atoms with Crippen LogP contribution in [0.5, 0.6) is 5.75 Å². The second-order valence-corrected chi connectivity index (χ2v) is 7.03. The molecule has 0 spiro atoms. The van der Waals surface area contributed by atoms with Gasteiger partial charge in [-0.15, -0.1) is 0 Å². The molecule has 0 aliphatic carbocycles. The zero-order valence-electron chi connectivity index (χ0n) is 16.3. The normalized spacial score (nSPS) is 12.3. The number of aromatic nitrogens is 1. The minimum absolute atomic E-state index is 0.397. The number of hydrogen-bond acceptors (Lipinski definition) is 3. The first kappa shape index (κ1) is 19.0. The van der Waals surface area contributed by atoms with Crippen LogP contribution in [0.3, 0.4) is 0 Å². The lowest BCUT2D eigenvalue weighted by Crippen LogP contribution is -2.38. The van der Waals surface area contributed by atoms with Gasteiger partial charge < -0.3 is 14.8 Å². The summed E-state index contributed by atoms with van der Waals surface area (Å²) in [5, 5.41) is 16.3. The summed E-state index contributed by atoms with van der Waals surface area (Å²) in [6, 6.07) is 19.3. The number of hydrogen-bond donors (Lipinski definition) is 3. The van der Waals surface area contributed by atoms with Crippen LogP contribution in [-0.4, -0.2) is 28.7 Å². The van der Waals surface area contributed by atoms with Crippen LogP contribution in [0.1, 0.15) is 18.1 Å². The smallest absolute Gasteiger partial charge is 0.321 e. The van der Waals surface area contributed by atoms with Crippen molar-refractivity contribution in [1.82, 2.24) is 10.3 Å². The van der Waals surface area contributed by atoms with E-state index in [1.807, 2.05) is 67.7 Å². The maximum absolute atomic E-state index is 12.0. The lowest BCUT2D eigenvalue weighted by Gasteiger charge is -2.18. The highest BCUT2D eigenvalue weighted by atomic mass is 16.5. The molecule has 0 bridgehead atoms. The Morgan fingerprint density at radius 1 is 1.07 bits per heavy atom. The molecule has 3 N–H and O–H groups in total. The third-order valence-corrected chi connectivity index (χ3v) is 5.22. The van der Waals surface area contributed by atoms with Crippen molar-refractivity contribution in [3.63, 3.8) is 0 Å². The summed E-state index contributed by atoms with van der Waals surface area (Å²) in [7, 11) is 0. The van der Waals surface area contributed by atoms with E-state index in [-0.39, 0.29) is 0 Å². The number of aromatic amines is 1. The monoisotopic (exact) mass is 388 g/mol. The van der Waals surface area contributed by atoms with Crippen molar-refractivity contribution in [3.05, 3.63) is 78.0 Å². The van der Waals surface area contributed by atoms with E-state index in [1.54, 1.807) is 0 Å². The Morgan fingerprint density at radius 3 is 2.62 bits per heavy atom. The highest BCUT2D eigenvalue weighted by Crippen LogP contribution is 2.28. The van der Waals surface area contributed by atoms with Crippen molar-refractivity contribution < 1.29 is 14.6 Å². The Morgan fingerprint density at radius 2 is 1.83 bits per heavy atom. The van der Waals surface area contributed by atoms with Crippen molar-refractivity contribution in [2.75, 3.05) is 6.61 Å². The second kappa shape index (κ2) is 8.37. The zero-order chi connectivity index (χ0) is 20.2. The minimum Gasteiger partial charge on any atom is -0.494 e. The molecule has 0 saturated heterocycles. The molecular weight excluding hydrogens is 364 g/mol. The fourth-order valence-corrected chi connectivity index (χ4v) is 3.78. The molecular formula is C24H24N2O3. The quantitative estimate of drug-likeness (QED) is 0.415. The van der Waals surface area contributed by atoms with Gasteiger partial charge in [-0.3, -0.25) is 10.1 Å². The number of rotatable bonds is 8. The Kier molecular flexibility index (Phi) is 5.49. The van der Waals surface area contributed by atoms with E-state index in [2.05, 4.69) is 16.4 Å². The highest BCUT2D eigenvalue weighted by Gasteiger charge is 2.20. The van der Waals surface area contributed by atoms with Gasteiger partial charge in [-0.2, -0.15) is 0 Å². The van der Waals surface area contributed by atoms with Crippen LogP contribution in [0.2, 0.25) is 0 Å². The Hall–Kier alpha value is -3.31. The molecule has 5 nitrogen and oxygen atoms in total. The van der Waals surface area contributed by atoms with E-state index >= 15 is 0 Å². The molecule has 5 heteroatoms. The fourth-order valence-electron chi connectivity index (χ4n) is 3.78. The molecule has 0 fully saturated rings. The van der Waals surface area contributed by atoms with Crippen molar-refractivity contribution in [2.24, 2.45) is 0 Å². The van der Waals surface area contributed by atoms with Gasteiger partial charge in [0.15, 0.2) is 0 Å². The first-order valence-electron chi connectivity index (χ1n) is 9.82. The van der Waals surface area contributed by atoms with Gasteiger partial charge in [0.1, 0.15) is 11.8 Å². The van der Waals surface area contributed by atoms with Crippen LogP contribution < -0.4 is 10.1 Å². The number of para-hydroxylation sites is 1. The van der Waals surface area contributed by atoms with Gasteiger partial charge in [-0.05, 0) is 35.4 Å². The number of nitrogens with one attached hydrogen (secondary N) is 2. The van der Waals surface area contributed by atoms with Gasteiger partial charge >= 0.3 is 5.97 Å². The molecule has 0 unspecified atom stereocenters. The van der Waals surface area contributed by atoms with E-state index in [1.165, 1.54) is 0 Å². The Balaban J connectivity index is 1.60. The van der Waals surface area contributed by atoms with Gasteiger partial charge in [0, 0.05) is 35.6 Å². The van der Waals surface area contributed by atoms with Crippen LogP contribution in [0.25, 0.3) is 21.7 Å². The summed E-state index contributed by atoms with van der Waals surface area (Å²) in [6.45, 7) is 2.92. The predicted molar refractivity (Wildman–Crippen MR) is 115 cm³/mol. The number of carboxylic acids is 1. The van der Waals surface area contributed by atoms with Crippen LogP contribution in [-0.2, 0) is 17.8 Å². The zero-order valence-corrected chi connectivity index (χ0v) is 16.3. The van der Waals surface area contributed by atoms with Gasteiger partial charge in [0.25, 0.3) is 0 Å². The summed E-state index contributed by atoms with van der Waals surface area (Å²) in [4.78, 5) is 15.2. The van der Waals surface area contributed by atoms with E-state index in [0.717, 1.165) is 38.6 Å². The molecule has 1 aromatic heterocycles. The molecule has 1 heterocycles. The Bertz CT molecular complexity index is 1150. The topological polar surface area (TPSA) is 74.3 Å². The largest absolute Gasteiger partial charge is 0.494 e. The predicted octanol–water partition coefficient (Wildman–Crippen LogP) is 4.51. The molecule has 0 radical (unpaired) electrons. The summed E-state index contributed by atoms with van der Waals surface area (Å²) in [5.74, 6) is -0.0802. The lowest BCUT2D eigenvalue weighted by atomic mass is 10.0. The molecule has 0 amide bonds. The number of H-pyrrole nitrogens is 1. The van der Waals surface area contributed by atoms with Gasteiger partial charge in [-0.1, -0.05) is 48.5 Å². The van der Waals surface area contributed by atoms with Crippen molar-refractivity contribution in [3.8, 4) is 5.75 Å². The number of ether oxygens (including phenoxy) is 1. The fraction of sp³-hybridized carbons (Fsp3) is 0.208. The number of carbonyl (C=O) groups is 1. The second-order valence-electron chi connectivity index (χ2n) is 7.03. The SMILES string of the molecule is CCOc1ccc2ccccc2c1CN[C@@H](Cc1c[nH]c2ccccc12)C(=O)O. The summed E-state index contributed by atoms with van der Waals surface area (Å²) >= 11 is 0. The number of carboxylic acid groups (broad SMARTS) is 1. The molecule has 0 aliphatic rings. The van der Waals surface area contributed by atoms with E-state index in [9.17, 15) is 9.90 Å². The van der Waals surface area contributed by atoms with Crippen LogP contribution >= 0.6 is 0 Å². The van der Waals surface area contributed by atoms with Gasteiger partial charge in [-0.25, -0.2) is 0 Å². The number of aliphatic carboxylic acids is 1. The van der Waals surface area contributed by atoms with E-state index < -0.39 is 12.0 Å². The first-order valence-corrected chi connectivity index (χ1v) is 9.82. The summed E-state index contributed by atoms with van der Waals surface area (Å²) in [6.07, 6.45) is 2.29. The van der Waals surface area contributed by atoms with Crippen molar-refractivity contribution in [1.29, 1.82) is 0 Å². The number of benzene rings is 3. The average Bonchev–Trinajstić information content (AvgIpc) is 3.15. The van der Waals surface area contributed by atoms with Crippen LogP contribution in [0.15, 0.2) is 66.9 Å². The molecule has 148 valence electrons. The molecule has 4 aromatic rings. The minimum atomic E-state index is -0.867. The van der Waals surface area contributed by atoms with Gasteiger partial charge in [0.05, 0.1) is 6.61 Å². The summed E-state index contributed by atoms with van der Waals surface area (Å²) < 4.78 is 5.81. The highest BCUT2D eigenvalue weighted by molar-refractivity contribution is 5.88. The Labute approximate surface area is 169 Å². The molecule has 0 saturated carbocycles. The molecule has 1 atom stereocenters. The van der Waals surface area contributed by atoms with Crippen molar-refractivity contribution in [2.45, 2.75) is 25.9 Å². The standard InChI is InChI=1S/C24H24N2O3/c1-2-29-23-12-11-16-7-3-4-8-18(16)20(23)15-26-22(24(27)28)13-17-14-25-21-10-6-5-9-19(17)21/h3-12,14,22,25-26H,2,13,15H2,1H3,(H,27,28)/t22-/m0/s1. The maximum Gasteiger partial charge on any atom is 0.321 e. The van der Waals surface area contributed by atoms with Crippen LogP contribution in [0, 0.1) is 0 Å². The number of fused-ring (bicyclic) bond motifs is 2. The molecule has 29 heavy (non-hydrogen) atoms. The van der Waals surface area contributed by atoms with E-state index in [4.69, 9.17) is 4.74 Å². The third kappa shape index (κ3) is 3.96. The van der Waals surface area contributed by atoms with Crippen molar-refractivity contribution >= 4 is 27.6 Å². The lowest BCUT2D eigenvalue weighted by molar-refractivity contribution is -0.139. The summed E-state index contributed by atoms with van der Waals surface area (Å²) in [5.41, 5.74) is 2.98. The van der Waals surface area contributed by atoms with E-state index in [0.29, 0.717) is 19.6 Å². The molecule has 4 rings (SSSR count). The first-order chi connectivity index (χ1) is 14.2.